The second-order valence-electron chi connectivity index (χ2n) is 10.4. The number of rotatable bonds is 0. The zero-order chi connectivity index (χ0) is 30.7. The third kappa shape index (κ3) is 5.23. The minimum atomic E-state index is -3.67. The molecule has 0 saturated heterocycles. The maximum Gasteiger partial charge on any atom is 0.271 e. The molecule has 6 N–H and O–H groups in total. The summed E-state index contributed by atoms with van der Waals surface area (Å²) in [6, 6.07) is 32.2. The number of aromatic amines is 2. The average Bonchev–Trinajstić information content (AvgIpc) is 3.76. The van der Waals surface area contributed by atoms with Gasteiger partial charge in [0.15, 0.2) is 23.3 Å². The molecule has 46 heavy (non-hydrogen) atoms. The standard InChI is InChI=1S/C32H18N8.H4N2O2S.Zn/c1-2-10-18-17(9-1)25-33-26(18)38-28-21-13-5-6-14-22(21)30(35-28)40-32-24-16-8-7-15-23(24)31(36-32)39-29-20-12-4-3-11-19(20)27(34-29)37-25;1-5(2,3)4;/h1-16H,(H2,33,34,35,36,37,38,39,40);(H4,1,2,3,4);. The number of nitrogens with two attached hydrogens (primary N) is 2. The minimum absolute atomic E-state index is 0. The molecule has 2 aliphatic heterocycles. The van der Waals surface area contributed by atoms with Crippen molar-refractivity contribution in [3.63, 3.8) is 0 Å². The van der Waals surface area contributed by atoms with Crippen molar-refractivity contribution in [2.45, 2.75) is 0 Å². The van der Waals surface area contributed by atoms with E-state index in [0.717, 1.165) is 43.8 Å². The summed E-state index contributed by atoms with van der Waals surface area (Å²) in [7, 11) is -3.67. The Morgan fingerprint density at radius 2 is 0.630 bits per heavy atom. The van der Waals surface area contributed by atoms with E-state index in [1.54, 1.807) is 0 Å². The van der Waals surface area contributed by atoms with Crippen LogP contribution >= 0.6 is 0 Å². The van der Waals surface area contributed by atoms with Gasteiger partial charge in [0.05, 0.1) is 0 Å². The first kappa shape index (κ1) is 29.4. The van der Waals surface area contributed by atoms with E-state index in [1.807, 2.05) is 97.1 Å². The third-order valence-electron chi connectivity index (χ3n) is 7.46. The van der Waals surface area contributed by atoms with Crippen LogP contribution in [-0.2, 0) is 29.7 Å². The summed E-state index contributed by atoms with van der Waals surface area (Å²) in [4.78, 5) is 36.8. The van der Waals surface area contributed by atoms with E-state index in [9.17, 15) is 8.42 Å². The third-order valence-corrected chi connectivity index (χ3v) is 7.46. The van der Waals surface area contributed by atoms with Crippen LogP contribution in [0.25, 0.3) is 89.7 Å². The fourth-order valence-corrected chi connectivity index (χ4v) is 5.59. The van der Waals surface area contributed by atoms with Crippen molar-refractivity contribution in [1.82, 2.24) is 39.9 Å². The molecule has 0 atom stereocenters. The Balaban J connectivity index is 0.000000526. The fraction of sp³-hybridized carbons (Fsp3) is 0. The topological polar surface area (TPSA) is 195 Å². The second kappa shape index (κ2) is 11.3. The molecule has 0 amide bonds. The SMILES string of the molecule is NS(N)(=O)=O.[Zn].c1ccc2c(c1)-c1nc-2nc2[nH]c(nc3nc(nc4[nH]c(n1)c1ccccc41)-c1ccccc1-3)c1ccccc21. The Labute approximate surface area is 274 Å². The average molecular weight is 676 g/mol. The molecule has 7 aromatic rings. The number of benzene rings is 4. The van der Waals surface area contributed by atoms with Crippen molar-refractivity contribution < 1.29 is 27.9 Å². The number of fused-ring (bicyclic) bond motifs is 20. The first-order valence-corrected chi connectivity index (χ1v) is 15.4. The predicted molar refractivity (Wildman–Crippen MR) is 173 cm³/mol. The van der Waals surface area contributed by atoms with Gasteiger partial charge in [-0.2, -0.15) is 8.42 Å². The molecule has 5 heterocycles. The molecule has 0 unspecified atom stereocenters. The zero-order valence-electron chi connectivity index (χ0n) is 24.0. The largest absolute Gasteiger partial charge is 0.324 e. The van der Waals surface area contributed by atoms with Crippen LogP contribution < -0.4 is 10.3 Å². The molecule has 8 bridgehead atoms. The van der Waals surface area contributed by atoms with E-state index in [1.165, 1.54) is 0 Å². The maximum absolute atomic E-state index is 9.19. The van der Waals surface area contributed by atoms with Crippen LogP contribution in [0.5, 0.6) is 0 Å². The van der Waals surface area contributed by atoms with E-state index >= 15 is 0 Å². The summed E-state index contributed by atoms with van der Waals surface area (Å²) in [5, 5.41) is 12.0. The van der Waals surface area contributed by atoms with E-state index in [4.69, 9.17) is 29.9 Å². The van der Waals surface area contributed by atoms with Gasteiger partial charge in [0.1, 0.15) is 22.6 Å². The molecular weight excluding hydrogens is 654 g/mol. The van der Waals surface area contributed by atoms with Crippen LogP contribution in [0.1, 0.15) is 0 Å². The molecule has 14 heteroatoms. The van der Waals surface area contributed by atoms with Crippen molar-refractivity contribution in [2.24, 2.45) is 10.3 Å². The Morgan fingerprint density at radius 1 is 0.413 bits per heavy atom. The van der Waals surface area contributed by atoms with E-state index in [-0.39, 0.29) is 19.5 Å². The monoisotopic (exact) mass is 674 g/mol. The molecule has 0 aliphatic carbocycles. The van der Waals surface area contributed by atoms with Crippen molar-refractivity contribution in [3.8, 4) is 45.6 Å². The molecular formula is C32H22N10O2SZn. The number of H-pyrrole nitrogens is 2. The summed E-state index contributed by atoms with van der Waals surface area (Å²) in [5.74, 6) is 2.39. The van der Waals surface area contributed by atoms with Gasteiger partial charge in [0.25, 0.3) is 10.2 Å². The van der Waals surface area contributed by atoms with E-state index in [2.05, 4.69) is 20.2 Å². The number of nitrogens with one attached hydrogen (secondary N) is 2. The molecule has 0 radical (unpaired) electrons. The van der Waals surface area contributed by atoms with Gasteiger partial charge in [-0.1, -0.05) is 97.1 Å². The maximum atomic E-state index is 9.19. The number of hydrogen-bond donors (Lipinski definition) is 4. The predicted octanol–water partition coefficient (Wildman–Crippen LogP) is 5.02. The fourth-order valence-electron chi connectivity index (χ4n) is 5.59. The van der Waals surface area contributed by atoms with Gasteiger partial charge >= 0.3 is 0 Å². The van der Waals surface area contributed by atoms with Gasteiger partial charge in [-0.25, -0.2) is 40.2 Å². The first-order chi connectivity index (χ1) is 21.8. The summed E-state index contributed by atoms with van der Waals surface area (Å²) >= 11 is 0. The Morgan fingerprint density at radius 3 is 0.870 bits per heavy atom. The van der Waals surface area contributed by atoms with Crippen LogP contribution in [0.15, 0.2) is 97.1 Å². The first-order valence-electron chi connectivity index (χ1n) is 13.8. The summed E-state index contributed by atoms with van der Waals surface area (Å²) in [6.07, 6.45) is 0. The van der Waals surface area contributed by atoms with Gasteiger partial charge in [-0.3, -0.25) is 0 Å². The zero-order valence-corrected chi connectivity index (χ0v) is 27.8. The van der Waals surface area contributed by atoms with Crippen molar-refractivity contribution in [3.05, 3.63) is 97.1 Å². The second-order valence-corrected chi connectivity index (χ2v) is 11.6. The molecule has 0 fully saturated rings. The molecule has 3 aromatic heterocycles. The smallest absolute Gasteiger partial charge is 0.271 e. The van der Waals surface area contributed by atoms with Gasteiger partial charge < -0.3 is 9.97 Å². The molecule has 220 valence electrons. The molecule has 0 saturated carbocycles. The van der Waals surface area contributed by atoms with E-state index in [0.29, 0.717) is 45.9 Å². The molecule has 12 nitrogen and oxygen atoms in total. The Kier molecular flexibility index (Phi) is 7.21. The van der Waals surface area contributed by atoms with Gasteiger partial charge in [-0.05, 0) is 0 Å². The Bertz CT molecular complexity index is 2290. The van der Waals surface area contributed by atoms with Crippen molar-refractivity contribution in [1.29, 1.82) is 0 Å². The number of hydrogen-bond acceptors (Lipinski definition) is 8. The van der Waals surface area contributed by atoms with Crippen LogP contribution in [0.4, 0.5) is 0 Å². The van der Waals surface area contributed by atoms with Crippen LogP contribution in [-0.4, -0.2) is 48.3 Å². The van der Waals surface area contributed by atoms with Gasteiger partial charge in [0, 0.05) is 63.3 Å². The van der Waals surface area contributed by atoms with E-state index < -0.39 is 10.2 Å². The Hall–Kier alpha value is -5.27. The van der Waals surface area contributed by atoms with Crippen LogP contribution in [0, 0.1) is 0 Å². The van der Waals surface area contributed by atoms with Gasteiger partial charge in [0.2, 0.25) is 0 Å². The van der Waals surface area contributed by atoms with Crippen LogP contribution in [0.2, 0.25) is 0 Å². The summed E-state index contributed by atoms with van der Waals surface area (Å²) in [5.41, 5.74) is 6.45. The molecule has 9 rings (SSSR count). The minimum Gasteiger partial charge on any atom is -0.324 e. The number of nitrogens with zero attached hydrogens (tertiary/aromatic N) is 6. The van der Waals surface area contributed by atoms with Crippen molar-refractivity contribution in [2.75, 3.05) is 0 Å². The molecule has 4 aromatic carbocycles. The summed E-state index contributed by atoms with van der Waals surface area (Å²) < 4.78 is 18.4. The van der Waals surface area contributed by atoms with Crippen LogP contribution in [0.3, 0.4) is 0 Å². The van der Waals surface area contributed by atoms with Gasteiger partial charge in [-0.15, -0.1) is 0 Å². The quantitative estimate of drug-likeness (QED) is 0.161. The van der Waals surface area contributed by atoms with Crippen molar-refractivity contribution >= 4 is 54.3 Å². The number of aromatic nitrogens is 8. The normalized spacial score (nSPS) is 11.7. The molecule has 0 spiro atoms. The summed E-state index contributed by atoms with van der Waals surface area (Å²) in [6.45, 7) is 0. The molecule has 2 aliphatic rings.